The molecule has 0 spiro atoms. The van der Waals surface area contributed by atoms with E-state index in [4.69, 9.17) is 5.11 Å². The van der Waals surface area contributed by atoms with E-state index in [1.807, 2.05) is 6.92 Å². The topological polar surface area (TPSA) is 83.7 Å². The lowest BCUT2D eigenvalue weighted by Gasteiger charge is -2.17. The van der Waals surface area contributed by atoms with Gasteiger partial charge >= 0.3 is 5.97 Å². The first-order chi connectivity index (χ1) is 8.02. The Morgan fingerprint density at radius 1 is 1.53 bits per heavy atom. The maximum atomic E-state index is 10.6. The van der Waals surface area contributed by atoms with Gasteiger partial charge in [-0.2, -0.15) is 0 Å². The SMILES string of the molecule is CCN(CC(=O)O)Cc1cccc([N+](=O)[O-])c1. The molecule has 0 bridgehead atoms. The summed E-state index contributed by atoms with van der Waals surface area (Å²) in [5.41, 5.74) is 0.760. The smallest absolute Gasteiger partial charge is 0.317 e. The maximum Gasteiger partial charge on any atom is 0.317 e. The van der Waals surface area contributed by atoms with E-state index in [9.17, 15) is 14.9 Å². The number of carboxylic acids is 1. The summed E-state index contributed by atoms with van der Waals surface area (Å²) in [4.78, 5) is 22.4. The summed E-state index contributed by atoms with van der Waals surface area (Å²) < 4.78 is 0. The minimum atomic E-state index is -0.905. The van der Waals surface area contributed by atoms with Crippen LogP contribution in [0.2, 0.25) is 0 Å². The van der Waals surface area contributed by atoms with Crippen LogP contribution in [-0.2, 0) is 11.3 Å². The van der Waals surface area contributed by atoms with Crippen LogP contribution in [-0.4, -0.2) is 34.0 Å². The van der Waals surface area contributed by atoms with Crippen LogP contribution in [0.15, 0.2) is 24.3 Å². The van der Waals surface area contributed by atoms with Gasteiger partial charge in [0.25, 0.3) is 5.69 Å². The first kappa shape index (κ1) is 13.1. The minimum Gasteiger partial charge on any atom is -0.480 e. The Kier molecular flexibility index (Phi) is 4.59. The molecule has 92 valence electrons. The molecule has 0 fully saturated rings. The van der Waals surface area contributed by atoms with E-state index in [0.29, 0.717) is 13.1 Å². The number of non-ortho nitro benzene ring substituents is 1. The lowest BCUT2D eigenvalue weighted by atomic mass is 10.2. The van der Waals surface area contributed by atoms with Crippen molar-refractivity contribution in [1.82, 2.24) is 4.90 Å². The highest BCUT2D eigenvalue weighted by molar-refractivity contribution is 5.69. The Hall–Kier alpha value is -1.95. The van der Waals surface area contributed by atoms with Crippen molar-refractivity contribution in [3.05, 3.63) is 39.9 Å². The van der Waals surface area contributed by atoms with E-state index in [1.54, 1.807) is 17.0 Å². The first-order valence-corrected chi connectivity index (χ1v) is 5.20. The molecule has 0 saturated heterocycles. The lowest BCUT2D eigenvalue weighted by molar-refractivity contribution is -0.384. The number of likely N-dealkylation sites (N-methyl/N-ethyl adjacent to an activating group) is 1. The maximum absolute atomic E-state index is 10.6. The molecule has 0 aliphatic carbocycles. The van der Waals surface area contributed by atoms with Crippen molar-refractivity contribution in [1.29, 1.82) is 0 Å². The molecule has 1 aromatic rings. The number of hydrogen-bond donors (Lipinski definition) is 1. The fourth-order valence-electron chi connectivity index (χ4n) is 1.50. The molecular weight excluding hydrogens is 224 g/mol. The summed E-state index contributed by atoms with van der Waals surface area (Å²) in [7, 11) is 0. The zero-order valence-corrected chi connectivity index (χ0v) is 9.50. The average molecular weight is 238 g/mol. The van der Waals surface area contributed by atoms with Crippen molar-refractivity contribution in [2.24, 2.45) is 0 Å². The number of aliphatic carboxylic acids is 1. The van der Waals surface area contributed by atoms with Crippen LogP contribution in [0, 0.1) is 10.1 Å². The van der Waals surface area contributed by atoms with Crippen molar-refractivity contribution >= 4 is 11.7 Å². The molecule has 0 aliphatic rings. The third-order valence-corrected chi connectivity index (χ3v) is 2.33. The zero-order chi connectivity index (χ0) is 12.8. The van der Waals surface area contributed by atoms with Gasteiger partial charge in [-0.1, -0.05) is 19.1 Å². The third-order valence-electron chi connectivity index (χ3n) is 2.33. The van der Waals surface area contributed by atoms with E-state index in [1.165, 1.54) is 12.1 Å². The number of benzene rings is 1. The number of carbonyl (C=O) groups is 1. The summed E-state index contributed by atoms with van der Waals surface area (Å²) in [6, 6.07) is 6.22. The number of rotatable bonds is 6. The van der Waals surface area contributed by atoms with Crippen LogP contribution in [0.25, 0.3) is 0 Å². The number of nitrogens with zero attached hydrogens (tertiary/aromatic N) is 2. The van der Waals surface area contributed by atoms with E-state index in [-0.39, 0.29) is 12.2 Å². The molecule has 1 N–H and O–H groups in total. The van der Waals surface area contributed by atoms with Gasteiger partial charge in [-0.3, -0.25) is 19.8 Å². The quantitative estimate of drug-likeness (QED) is 0.599. The van der Waals surface area contributed by atoms with E-state index >= 15 is 0 Å². The van der Waals surface area contributed by atoms with Crippen molar-refractivity contribution in [2.75, 3.05) is 13.1 Å². The normalized spacial score (nSPS) is 10.5. The van der Waals surface area contributed by atoms with Gasteiger partial charge in [-0.05, 0) is 12.1 Å². The summed E-state index contributed by atoms with van der Waals surface area (Å²) >= 11 is 0. The van der Waals surface area contributed by atoms with E-state index in [0.717, 1.165) is 5.56 Å². The molecule has 0 saturated carbocycles. The van der Waals surface area contributed by atoms with Gasteiger partial charge in [0.05, 0.1) is 11.5 Å². The van der Waals surface area contributed by atoms with Gasteiger partial charge in [0.15, 0.2) is 0 Å². The third kappa shape index (κ3) is 4.20. The van der Waals surface area contributed by atoms with E-state index in [2.05, 4.69) is 0 Å². The Morgan fingerprint density at radius 3 is 2.76 bits per heavy atom. The Bertz CT molecular complexity index is 420. The van der Waals surface area contributed by atoms with Crippen LogP contribution in [0.1, 0.15) is 12.5 Å². The summed E-state index contributed by atoms with van der Waals surface area (Å²) in [5, 5.41) is 19.3. The Balaban J connectivity index is 2.75. The van der Waals surface area contributed by atoms with Gasteiger partial charge in [0.2, 0.25) is 0 Å². The summed E-state index contributed by atoms with van der Waals surface area (Å²) in [6.07, 6.45) is 0. The van der Waals surface area contributed by atoms with Gasteiger partial charge < -0.3 is 5.11 Å². The fraction of sp³-hybridized carbons (Fsp3) is 0.364. The van der Waals surface area contributed by atoms with Crippen molar-refractivity contribution in [3.63, 3.8) is 0 Å². The van der Waals surface area contributed by atoms with Crippen LogP contribution < -0.4 is 0 Å². The second-order valence-electron chi connectivity index (χ2n) is 3.62. The summed E-state index contributed by atoms with van der Waals surface area (Å²) in [5.74, 6) is -0.905. The molecule has 0 amide bonds. The van der Waals surface area contributed by atoms with Crippen LogP contribution in [0.3, 0.4) is 0 Å². The fourth-order valence-corrected chi connectivity index (χ4v) is 1.50. The van der Waals surface area contributed by atoms with Gasteiger partial charge in [-0.15, -0.1) is 0 Å². The molecule has 1 aromatic carbocycles. The highest BCUT2D eigenvalue weighted by Gasteiger charge is 2.10. The van der Waals surface area contributed by atoms with Gasteiger partial charge in [-0.25, -0.2) is 0 Å². The Morgan fingerprint density at radius 2 is 2.24 bits per heavy atom. The second kappa shape index (κ2) is 5.95. The molecule has 0 radical (unpaired) electrons. The molecule has 0 aromatic heterocycles. The number of nitro benzene ring substituents is 1. The molecule has 6 nitrogen and oxygen atoms in total. The minimum absolute atomic E-state index is 0.0221. The monoisotopic (exact) mass is 238 g/mol. The standard InChI is InChI=1S/C11H14N2O4/c1-2-12(8-11(14)15)7-9-4-3-5-10(6-9)13(16)17/h3-6H,2,7-8H2,1H3,(H,14,15). The highest BCUT2D eigenvalue weighted by Crippen LogP contribution is 2.14. The second-order valence-corrected chi connectivity index (χ2v) is 3.62. The molecule has 6 heteroatoms. The van der Waals surface area contributed by atoms with Crippen LogP contribution >= 0.6 is 0 Å². The molecule has 17 heavy (non-hydrogen) atoms. The lowest BCUT2D eigenvalue weighted by Crippen LogP contribution is -2.29. The molecule has 0 unspecified atom stereocenters. The van der Waals surface area contributed by atoms with Gasteiger partial charge in [0, 0.05) is 18.7 Å². The number of nitro groups is 1. The predicted octanol–water partition coefficient (Wildman–Crippen LogP) is 1.50. The van der Waals surface area contributed by atoms with Crippen molar-refractivity contribution in [2.45, 2.75) is 13.5 Å². The van der Waals surface area contributed by atoms with E-state index < -0.39 is 10.9 Å². The molecule has 0 atom stereocenters. The predicted molar refractivity (Wildman–Crippen MR) is 61.7 cm³/mol. The first-order valence-electron chi connectivity index (χ1n) is 5.20. The van der Waals surface area contributed by atoms with Crippen molar-refractivity contribution < 1.29 is 14.8 Å². The molecule has 0 heterocycles. The highest BCUT2D eigenvalue weighted by atomic mass is 16.6. The van der Waals surface area contributed by atoms with Crippen LogP contribution in [0.4, 0.5) is 5.69 Å². The average Bonchev–Trinajstić information content (AvgIpc) is 2.28. The largest absolute Gasteiger partial charge is 0.480 e. The number of hydrogen-bond acceptors (Lipinski definition) is 4. The Labute approximate surface area is 98.6 Å². The van der Waals surface area contributed by atoms with Crippen molar-refractivity contribution in [3.8, 4) is 0 Å². The van der Waals surface area contributed by atoms with Gasteiger partial charge in [0.1, 0.15) is 0 Å². The number of carboxylic acid groups (broad SMARTS) is 1. The molecule has 1 rings (SSSR count). The van der Waals surface area contributed by atoms with Crippen LogP contribution in [0.5, 0.6) is 0 Å². The molecular formula is C11H14N2O4. The molecule has 0 aliphatic heterocycles. The zero-order valence-electron chi connectivity index (χ0n) is 9.50. The summed E-state index contributed by atoms with van der Waals surface area (Å²) in [6.45, 7) is 2.75.